The topological polar surface area (TPSA) is 54.4 Å². The number of allylic oxidation sites excluding steroid dienone is 1. The van der Waals surface area contributed by atoms with Gasteiger partial charge in [0.15, 0.2) is 0 Å². The first kappa shape index (κ1) is 19.9. The highest BCUT2D eigenvalue weighted by molar-refractivity contribution is 5.79. The number of aldehydes is 1. The van der Waals surface area contributed by atoms with Crippen molar-refractivity contribution < 1.29 is 14.7 Å². The lowest BCUT2D eigenvalue weighted by Gasteiger charge is -2.02. The van der Waals surface area contributed by atoms with Crippen molar-refractivity contribution >= 4 is 12.3 Å². The summed E-state index contributed by atoms with van der Waals surface area (Å²) in [4.78, 5) is 20.4. The van der Waals surface area contributed by atoms with Crippen LogP contribution in [-0.4, -0.2) is 17.4 Å². The molecule has 0 aliphatic heterocycles. The van der Waals surface area contributed by atoms with Gasteiger partial charge in [0.25, 0.3) is 0 Å². The minimum Gasteiger partial charge on any atom is -0.478 e. The van der Waals surface area contributed by atoms with Gasteiger partial charge in [0.2, 0.25) is 0 Å². The molecule has 0 aliphatic carbocycles. The van der Waals surface area contributed by atoms with Gasteiger partial charge in [0.05, 0.1) is 0 Å². The van der Waals surface area contributed by atoms with E-state index in [1.807, 2.05) is 0 Å². The molecule has 0 spiro atoms. The van der Waals surface area contributed by atoms with E-state index in [1.54, 1.807) is 6.08 Å². The molecule has 122 valence electrons. The molecule has 0 saturated carbocycles. The predicted molar refractivity (Wildman–Crippen MR) is 87.5 cm³/mol. The van der Waals surface area contributed by atoms with Crippen molar-refractivity contribution in [2.24, 2.45) is 0 Å². The van der Waals surface area contributed by atoms with Crippen LogP contribution in [0, 0.1) is 0 Å². The summed E-state index contributed by atoms with van der Waals surface area (Å²) in [5.74, 6) is -0.848. The smallest absolute Gasteiger partial charge is 0.327 e. The molecule has 3 nitrogen and oxygen atoms in total. The molecule has 0 aromatic carbocycles. The molecule has 3 heteroatoms. The molecule has 0 amide bonds. The van der Waals surface area contributed by atoms with E-state index in [2.05, 4.69) is 0 Å². The van der Waals surface area contributed by atoms with E-state index in [4.69, 9.17) is 5.11 Å². The molecule has 0 heterocycles. The number of aliphatic carboxylic acids is 1. The molecule has 1 N–H and O–H groups in total. The number of carbonyl (C=O) groups is 2. The van der Waals surface area contributed by atoms with Crippen molar-refractivity contribution in [3.63, 3.8) is 0 Å². The van der Waals surface area contributed by atoms with E-state index in [-0.39, 0.29) is 0 Å². The molecular weight excluding hydrogens is 264 g/mol. The molecule has 0 atom stereocenters. The van der Waals surface area contributed by atoms with Crippen LogP contribution in [0.5, 0.6) is 0 Å². The molecule has 0 rings (SSSR count). The first-order valence-corrected chi connectivity index (χ1v) is 8.60. The van der Waals surface area contributed by atoms with Gasteiger partial charge in [-0.3, -0.25) is 0 Å². The Balaban J connectivity index is 3.02. The fourth-order valence-electron chi connectivity index (χ4n) is 2.44. The molecular formula is C18H32O3. The summed E-state index contributed by atoms with van der Waals surface area (Å²) in [6.07, 6.45) is 20.7. The Hall–Kier alpha value is -1.12. The Bertz CT molecular complexity index is 272. The van der Waals surface area contributed by atoms with Crippen LogP contribution in [0.25, 0.3) is 0 Å². The van der Waals surface area contributed by atoms with E-state index in [9.17, 15) is 9.59 Å². The lowest BCUT2D eigenvalue weighted by atomic mass is 10.0. The number of unbranched alkanes of at least 4 members (excludes halogenated alkanes) is 13. The second-order valence-corrected chi connectivity index (χ2v) is 5.73. The number of rotatable bonds is 16. The Kier molecular flexibility index (Phi) is 16.0. The van der Waals surface area contributed by atoms with Gasteiger partial charge in [-0.05, 0) is 19.3 Å². The zero-order chi connectivity index (χ0) is 15.6. The van der Waals surface area contributed by atoms with E-state index in [0.29, 0.717) is 0 Å². The SMILES string of the molecule is O=CCCCCCCCCCCCCCCC=CC(=O)O. The highest BCUT2D eigenvalue weighted by Crippen LogP contribution is 2.12. The van der Waals surface area contributed by atoms with Crippen molar-refractivity contribution in [3.05, 3.63) is 12.2 Å². The average Bonchev–Trinajstić information content (AvgIpc) is 2.46. The van der Waals surface area contributed by atoms with Gasteiger partial charge in [-0.2, -0.15) is 0 Å². The number of carbonyl (C=O) groups excluding carboxylic acids is 1. The Morgan fingerprint density at radius 1 is 0.667 bits per heavy atom. The maximum atomic E-state index is 10.2. The maximum Gasteiger partial charge on any atom is 0.327 e. The Morgan fingerprint density at radius 2 is 1.05 bits per heavy atom. The van der Waals surface area contributed by atoms with E-state index in [0.717, 1.165) is 32.0 Å². The number of hydrogen-bond acceptors (Lipinski definition) is 2. The summed E-state index contributed by atoms with van der Waals surface area (Å²) in [6, 6.07) is 0. The minimum atomic E-state index is -0.848. The van der Waals surface area contributed by atoms with E-state index in [1.165, 1.54) is 70.3 Å². The zero-order valence-electron chi connectivity index (χ0n) is 13.4. The third kappa shape index (κ3) is 18.9. The number of carboxylic acids is 1. The fourth-order valence-corrected chi connectivity index (χ4v) is 2.44. The van der Waals surface area contributed by atoms with Gasteiger partial charge >= 0.3 is 5.97 Å². The third-order valence-corrected chi connectivity index (χ3v) is 3.70. The molecule has 0 bridgehead atoms. The van der Waals surface area contributed by atoms with Crippen LogP contribution in [-0.2, 0) is 9.59 Å². The van der Waals surface area contributed by atoms with Crippen molar-refractivity contribution in [1.82, 2.24) is 0 Å². The third-order valence-electron chi connectivity index (χ3n) is 3.70. The molecule has 0 aliphatic rings. The fraction of sp³-hybridized carbons (Fsp3) is 0.778. The van der Waals surface area contributed by atoms with Crippen LogP contribution in [0.4, 0.5) is 0 Å². The van der Waals surface area contributed by atoms with Crippen LogP contribution in [0.1, 0.15) is 89.9 Å². The summed E-state index contributed by atoms with van der Waals surface area (Å²) >= 11 is 0. The minimum absolute atomic E-state index is 0.728. The van der Waals surface area contributed by atoms with E-state index >= 15 is 0 Å². The monoisotopic (exact) mass is 296 g/mol. The van der Waals surface area contributed by atoms with Crippen LogP contribution in [0.15, 0.2) is 12.2 Å². The van der Waals surface area contributed by atoms with Crippen molar-refractivity contribution in [2.75, 3.05) is 0 Å². The van der Waals surface area contributed by atoms with Gasteiger partial charge in [-0.1, -0.05) is 70.3 Å². The normalized spacial score (nSPS) is 11.0. The largest absolute Gasteiger partial charge is 0.478 e. The Morgan fingerprint density at radius 3 is 1.43 bits per heavy atom. The summed E-state index contributed by atoms with van der Waals surface area (Å²) < 4.78 is 0. The lowest BCUT2D eigenvalue weighted by molar-refractivity contribution is -0.131. The molecule has 0 radical (unpaired) electrons. The molecule has 0 aromatic rings. The summed E-state index contributed by atoms with van der Waals surface area (Å²) in [6.45, 7) is 0. The maximum absolute atomic E-state index is 10.2. The average molecular weight is 296 g/mol. The van der Waals surface area contributed by atoms with Gasteiger partial charge in [-0.25, -0.2) is 4.79 Å². The zero-order valence-corrected chi connectivity index (χ0v) is 13.4. The summed E-state index contributed by atoms with van der Waals surface area (Å²) in [5, 5.41) is 8.43. The first-order chi connectivity index (χ1) is 10.3. The van der Waals surface area contributed by atoms with Gasteiger partial charge in [0, 0.05) is 12.5 Å². The quantitative estimate of drug-likeness (QED) is 0.239. The van der Waals surface area contributed by atoms with Crippen LogP contribution >= 0.6 is 0 Å². The first-order valence-electron chi connectivity index (χ1n) is 8.60. The highest BCUT2D eigenvalue weighted by atomic mass is 16.4. The van der Waals surface area contributed by atoms with E-state index < -0.39 is 5.97 Å². The molecule has 0 fully saturated rings. The van der Waals surface area contributed by atoms with Crippen molar-refractivity contribution in [1.29, 1.82) is 0 Å². The lowest BCUT2D eigenvalue weighted by Crippen LogP contribution is -1.86. The Labute approximate surface area is 129 Å². The number of hydrogen-bond donors (Lipinski definition) is 1. The highest BCUT2D eigenvalue weighted by Gasteiger charge is 1.94. The van der Waals surface area contributed by atoms with Crippen molar-refractivity contribution in [3.8, 4) is 0 Å². The summed E-state index contributed by atoms with van der Waals surface area (Å²) in [7, 11) is 0. The van der Waals surface area contributed by atoms with Crippen LogP contribution in [0.2, 0.25) is 0 Å². The van der Waals surface area contributed by atoms with Gasteiger partial charge in [0.1, 0.15) is 6.29 Å². The molecule has 21 heavy (non-hydrogen) atoms. The standard InChI is InChI=1S/C18H32O3/c19-17-15-13-11-9-7-5-3-1-2-4-6-8-10-12-14-16-18(20)21/h14,16-17H,1-13,15H2,(H,20,21). The van der Waals surface area contributed by atoms with Crippen LogP contribution in [0.3, 0.4) is 0 Å². The second kappa shape index (κ2) is 16.9. The van der Waals surface area contributed by atoms with Gasteiger partial charge in [-0.15, -0.1) is 0 Å². The molecule has 0 aromatic heterocycles. The van der Waals surface area contributed by atoms with Gasteiger partial charge < -0.3 is 9.90 Å². The summed E-state index contributed by atoms with van der Waals surface area (Å²) in [5.41, 5.74) is 0. The molecule has 0 unspecified atom stereocenters. The van der Waals surface area contributed by atoms with Crippen LogP contribution < -0.4 is 0 Å². The predicted octanol–water partition coefficient (Wildman–Crippen LogP) is 5.29. The molecule has 0 saturated heterocycles. The second-order valence-electron chi connectivity index (χ2n) is 5.73. The number of carboxylic acid groups (broad SMARTS) is 1. The van der Waals surface area contributed by atoms with Crippen molar-refractivity contribution in [2.45, 2.75) is 89.9 Å².